The van der Waals surface area contributed by atoms with Gasteiger partial charge in [0.2, 0.25) is 15.9 Å². The molecule has 0 radical (unpaired) electrons. The number of sulfonamides is 1. The molecule has 0 spiro atoms. The molecule has 0 unspecified atom stereocenters. The number of fused-ring (bicyclic) bond motifs is 1. The number of carbonyl (C=O) groups is 1. The van der Waals surface area contributed by atoms with Crippen LogP contribution in [-0.4, -0.2) is 44.0 Å². The zero-order chi connectivity index (χ0) is 21.9. The van der Waals surface area contributed by atoms with E-state index in [2.05, 4.69) is 22.8 Å². The van der Waals surface area contributed by atoms with E-state index in [-0.39, 0.29) is 11.7 Å². The molecule has 31 heavy (non-hydrogen) atoms. The zero-order valence-electron chi connectivity index (χ0n) is 17.7. The summed E-state index contributed by atoms with van der Waals surface area (Å²) in [5, 5.41) is 6.57. The lowest BCUT2D eigenvalue weighted by Crippen LogP contribution is -2.53. The Kier molecular flexibility index (Phi) is 6.46. The minimum Gasteiger partial charge on any atom is -0.355 e. The summed E-state index contributed by atoms with van der Waals surface area (Å²) < 4.78 is 27.4. The van der Waals surface area contributed by atoms with Gasteiger partial charge in [-0.1, -0.05) is 48.5 Å². The summed E-state index contributed by atoms with van der Waals surface area (Å²) in [6, 6.07) is 18.1. The standard InChI is InChI=1S/C24H28N2O3S2/c1-2-31(28,29)26-16-13-24(14-17-26,20-8-4-3-5-9-20)23(27)25-15-12-19-18-30-22-11-7-6-10-21(19)22/h3-11,18H,2,12-17H2,1H3,(H,25,27). The molecule has 1 saturated heterocycles. The van der Waals surface area contributed by atoms with Gasteiger partial charge in [0, 0.05) is 24.3 Å². The summed E-state index contributed by atoms with van der Waals surface area (Å²) in [5.41, 5.74) is 1.51. The molecule has 4 rings (SSSR count). The lowest BCUT2D eigenvalue weighted by Gasteiger charge is -2.40. The summed E-state index contributed by atoms with van der Waals surface area (Å²) in [4.78, 5) is 13.5. The van der Waals surface area contributed by atoms with E-state index in [1.54, 1.807) is 18.3 Å². The quantitative estimate of drug-likeness (QED) is 0.586. The second kappa shape index (κ2) is 9.10. The van der Waals surface area contributed by atoms with Gasteiger partial charge >= 0.3 is 0 Å². The van der Waals surface area contributed by atoms with Crippen LogP contribution in [0.2, 0.25) is 0 Å². The Hall–Kier alpha value is -2.22. The van der Waals surface area contributed by atoms with Gasteiger partial charge in [0.15, 0.2) is 0 Å². The van der Waals surface area contributed by atoms with Gasteiger partial charge in [-0.3, -0.25) is 4.79 Å². The predicted octanol–water partition coefficient (Wildman–Crippen LogP) is 3.94. The number of rotatable bonds is 7. The molecular formula is C24H28N2O3S2. The van der Waals surface area contributed by atoms with Crippen LogP contribution >= 0.6 is 11.3 Å². The van der Waals surface area contributed by atoms with Crippen molar-refractivity contribution in [3.05, 3.63) is 71.1 Å². The molecule has 0 aliphatic carbocycles. The maximum Gasteiger partial charge on any atom is 0.230 e. The van der Waals surface area contributed by atoms with Crippen LogP contribution in [0.1, 0.15) is 30.9 Å². The largest absolute Gasteiger partial charge is 0.355 e. The first-order valence-corrected chi connectivity index (χ1v) is 13.2. The van der Waals surface area contributed by atoms with Gasteiger partial charge in [0.05, 0.1) is 11.2 Å². The summed E-state index contributed by atoms with van der Waals surface area (Å²) in [6.07, 6.45) is 1.75. The number of nitrogens with one attached hydrogen (secondary N) is 1. The lowest BCUT2D eigenvalue weighted by atomic mass is 9.72. The minimum absolute atomic E-state index is 0.00761. The molecule has 164 valence electrons. The van der Waals surface area contributed by atoms with Gasteiger partial charge in [0.25, 0.3) is 0 Å². The maximum atomic E-state index is 13.5. The first-order valence-electron chi connectivity index (χ1n) is 10.7. The van der Waals surface area contributed by atoms with Crippen molar-refractivity contribution < 1.29 is 13.2 Å². The van der Waals surface area contributed by atoms with E-state index in [0.29, 0.717) is 32.5 Å². The maximum absolute atomic E-state index is 13.5. The average Bonchev–Trinajstić information content (AvgIpc) is 3.22. The van der Waals surface area contributed by atoms with Gasteiger partial charge in [0.1, 0.15) is 0 Å². The van der Waals surface area contributed by atoms with Gasteiger partial charge in [-0.05, 0) is 54.1 Å². The van der Waals surface area contributed by atoms with Crippen LogP contribution in [0, 0.1) is 0 Å². The van der Waals surface area contributed by atoms with Crippen molar-refractivity contribution in [2.75, 3.05) is 25.4 Å². The number of hydrogen-bond acceptors (Lipinski definition) is 4. The topological polar surface area (TPSA) is 66.5 Å². The molecule has 1 amide bonds. The van der Waals surface area contributed by atoms with Crippen LogP contribution < -0.4 is 5.32 Å². The third-order valence-corrected chi connectivity index (χ3v) is 9.23. The fraction of sp³-hybridized carbons (Fsp3) is 0.375. The fourth-order valence-electron chi connectivity index (χ4n) is 4.44. The second-order valence-corrected chi connectivity index (χ2v) is 11.2. The molecule has 2 aromatic carbocycles. The van der Waals surface area contributed by atoms with Crippen molar-refractivity contribution in [1.82, 2.24) is 9.62 Å². The highest BCUT2D eigenvalue weighted by Gasteiger charge is 2.44. The molecule has 0 bridgehead atoms. The second-order valence-electron chi connectivity index (χ2n) is 8.01. The lowest BCUT2D eigenvalue weighted by molar-refractivity contribution is -0.128. The van der Waals surface area contributed by atoms with Gasteiger partial charge < -0.3 is 5.32 Å². The Morgan fingerprint density at radius 2 is 1.74 bits per heavy atom. The third-order valence-electron chi connectivity index (χ3n) is 6.34. The van der Waals surface area contributed by atoms with Crippen molar-refractivity contribution in [3.63, 3.8) is 0 Å². The zero-order valence-corrected chi connectivity index (χ0v) is 19.3. The molecule has 2 heterocycles. The summed E-state index contributed by atoms with van der Waals surface area (Å²) in [5.74, 6) is 0.0818. The highest BCUT2D eigenvalue weighted by atomic mass is 32.2. The highest BCUT2D eigenvalue weighted by Crippen LogP contribution is 2.37. The molecule has 0 atom stereocenters. The number of hydrogen-bond donors (Lipinski definition) is 1. The number of nitrogens with zero attached hydrogens (tertiary/aromatic N) is 1. The predicted molar refractivity (Wildman–Crippen MR) is 127 cm³/mol. The van der Waals surface area contributed by atoms with E-state index in [4.69, 9.17) is 0 Å². The Balaban J connectivity index is 1.49. The summed E-state index contributed by atoms with van der Waals surface area (Å²) >= 11 is 1.73. The van der Waals surface area contributed by atoms with Gasteiger partial charge in [-0.2, -0.15) is 0 Å². The highest BCUT2D eigenvalue weighted by molar-refractivity contribution is 7.89. The van der Waals surface area contributed by atoms with Crippen LogP contribution in [0.5, 0.6) is 0 Å². The molecule has 3 aromatic rings. The van der Waals surface area contributed by atoms with Crippen molar-refractivity contribution in [3.8, 4) is 0 Å². The normalized spacial score (nSPS) is 16.9. The van der Waals surface area contributed by atoms with E-state index >= 15 is 0 Å². The third kappa shape index (κ3) is 4.40. The fourth-order valence-corrected chi connectivity index (χ4v) is 6.54. The van der Waals surface area contributed by atoms with Gasteiger partial charge in [-0.15, -0.1) is 11.3 Å². The van der Waals surface area contributed by atoms with Crippen LogP contribution in [0.4, 0.5) is 0 Å². The molecular weight excluding hydrogens is 428 g/mol. The Labute approximate surface area is 188 Å². The van der Waals surface area contributed by atoms with Crippen LogP contribution in [-0.2, 0) is 26.7 Å². The molecule has 1 fully saturated rings. The van der Waals surface area contributed by atoms with Crippen molar-refractivity contribution in [1.29, 1.82) is 0 Å². The summed E-state index contributed by atoms with van der Waals surface area (Å²) in [7, 11) is -3.24. The number of carbonyl (C=O) groups excluding carboxylic acids is 1. The Morgan fingerprint density at radius 1 is 1.06 bits per heavy atom. The number of amides is 1. The van der Waals surface area contributed by atoms with E-state index in [1.165, 1.54) is 20.0 Å². The van der Waals surface area contributed by atoms with E-state index in [9.17, 15) is 13.2 Å². The monoisotopic (exact) mass is 456 g/mol. The van der Waals surface area contributed by atoms with E-state index in [0.717, 1.165) is 12.0 Å². The summed E-state index contributed by atoms with van der Waals surface area (Å²) in [6.45, 7) is 2.96. The Bertz CT molecular complexity index is 1150. The molecule has 1 N–H and O–H groups in total. The molecule has 7 heteroatoms. The molecule has 1 aliphatic rings. The molecule has 0 saturated carbocycles. The van der Waals surface area contributed by atoms with Crippen LogP contribution in [0.25, 0.3) is 10.1 Å². The van der Waals surface area contributed by atoms with E-state index < -0.39 is 15.4 Å². The molecule has 1 aromatic heterocycles. The average molecular weight is 457 g/mol. The number of thiophene rings is 1. The first kappa shape index (κ1) is 22.0. The molecule has 1 aliphatic heterocycles. The van der Waals surface area contributed by atoms with Crippen molar-refractivity contribution in [2.45, 2.75) is 31.6 Å². The SMILES string of the molecule is CCS(=O)(=O)N1CCC(C(=O)NCCc2csc3ccccc23)(c2ccccc2)CC1. The number of benzene rings is 2. The van der Waals surface area contributed by atoms with Crippen LogP contribution in [0.3, 0.4) is 0 Å². The minimum atomic E-state index is -3.24. The van der Waals surface area contributed by atoms with Gasteiger partial charge in [-0.25, -0.2) is 12.7 Å². The van der Waals surface area contributed by atoms with Crippen molar-refractivity contribution >= 4 is 37.4 Å². The molecule has 5 nitrogen and oxygen atoms in total. The Morgan fingerprint density at radius 3 is 2.45 bits per heavy atom. The smallest absolute Gasteiger partial charge is 0.230 e. The number of piperidine rings is 1. The van der Waals surface area contributed by atoms with Crippen molar-refractivity contribution in [2.24, 2.45) is 0 Å². The first-order chi connectivity index (χ1) is 15.0. The van der Waals surface area contributed by atoms with Crippen LogP contribution in [0.15, 0.2) is 60.0 Å². The van der Waals surface area contributed by atoms with E-state index in [1.807, 2.05) is 42.5 Å².